The number of aryl methyl sites for hydroxylation is 1. The van der Waals surface area contributed by atoms with Gasteiger partial charge in [-0.2, -0.15) is 0 Å². The zero-order valence-corrected chi connectivity index (χ0v) is 14.8. The first kappa shape index (κ1) is 17.7. The topological polar surface area (TPSA) is 106 Å². The number of nitrogens with one attached hydrogen (secondary N) is 2. The van der Waals surface area contributed by atoms with E-state index in [1.807, 2.05) is 31.2 Å². The Balaban J connectivity index is 0.00000196. The molecule has 1 fully saturated rings. The Morgan fingerprint density at radius 3 is 2.77 bits per heavy atom. The number of anilines is 1. The predicted molar refractivity (Wildman–Crippen MR) is 106 cm³/mol. The molecule has 3 rings (SSSR count). The molecule has 1 aromatic carbocycles. The molecule has 0 aliphatic heterocycles. The summed E-state index contributed by atoms with van der Waals surface area (Å²) in [5.41, 5.74) is 14.0. The highest BCUT2D eigenvalue weighted by Crippen LogP contribution is 2.33. The minimum Gasteiger partial charge on any atom is -0.465 e. The van der Waals surface area contributed by atoms with E-state index in [4.69, 9.17) is 15.9 Å². The van der Waals surface area contributed by atoms with Crippen molar-refractivity contribution < 1.29 is 12.1 Å². The zero-order chi connectivity index (χ0) is 18.5. The second kappa shape index (κ2) is 7.82. The zero-order valence-electron chi connectivity index (χ0n) is 14.8. The Kier molecular flexibility index (Phi) is 5.31. The van der Waals surface area contributed by atoms with Crippen molar-refractivity contribution in [2.75, 3.05) is 5.32 Å². The Morgan fingerprint density at radius 2 is 2.08 bits per heavy atom. The van der Waals surface area contributed by atoms with Gasteiger partial charge in [0.2, 0.25) is 0 Å². The molecule has 140 valence electrons. The molecular weight excluding hydrogens is 328 g/mol. The molecule has 1 aliphatic rings. The van der Waals surface area contributed by atoms with Crippen molar-refractivity contribution in [2.45, 2.75) is 26.3 Å². The van der Waals surface area contributed by atoms with Crippen molar-refractivity contribution in [3.05, 3.63) is 77.2 Å². The van der Waals surface area contributed by atoms with Gasteiger partial charge >= 0.3 is 0 Å². The molecule has 0 radical (unpaired) electrons. The second-order valence-electron chi connectivity index (χ2n) is 6.46. The van der Waals surface area contributed by atoms with Gasteiger partial charge in [0, 0.05) is 19.8 Å². The van der Waals surface area contributed by atoms with E-state index in [1.165, 1.54) is 0 Å². The molecule has 26 heavy (non-hydrogen) atoms. The molecule has 0 atom stereocenters. The van der Waals surface area contributed by atoms with Crippen molar-refractivity contribution in [2.24, 2.45) is 17.4 Å². The van der Waals surface area contributed by atoms with Crippen LogP contribution >= 0.6 is 0 Å². The highest BCUT2D eigenvalue weighted by molar-refractivity contribution is 5.95. The lowest BCUT2D eigenvalue weighted by Crippen LogP contribution is -2.22. The van der Waals surface area contributed by atoms with Gasteiger partial charge in [-0.05, 0) is 68.2 Å². The molecule has 6 nitrogen and oxygen atoms in total. The number of rotatable bonds is 7. The third kappa shape index (κ3) is 4.92. The Bertz CT molecular complexity index is 857. The van der Waals surface area contributed by atoms with Gasteiger partial charge in [-0.1, -0.05) is 6.07 Å². The van der Waals surface area contributed by atoms with Crippen LogP contribution in [0.4, 0.5) is 5.69 Å². The summed E-state index contributed by atoms with van der Waals surface area (Å²) in [6.45, 7) is 2.21. The van der Waals surface area contributed by atoms with Crippen molar-refractivity contribution in [3.63, 3.8) is 0 Å². The smallest absolute Gasteiger partial charge is 0.251 e. The maximum Gasteiger partial charge on any atom is 0.251 e. The van der Waals surface area contributed by atoms with Crippen molar-refractivity contribution in [1.29, 1.82) is 0 Å². The largest absolute Gasteiger partial charge is 0.465 e. The predicted octanol–water partition coefficient (Wildman–Crippen LogP) is 3.47. The van der Waals surface area contributed by atoms with Crippen LogP contribution in [-0.2, 0) is 6.54 Å². The number of nitrogens with two attached hydrogens (primary N) is 2. The number of hydrogen-bond acceptors (Lipinski definition) is 5. The number of benzene rings is 1. The molecule has 1 amide bonds. The number of allylic oxidation sites excluding steroid dienone is 3. The van der Waals surface area contributed by atoms with Crippen LogP contribution in [-0.4, -0.2) is 5.91 Å². The van der Waals surface area contributed by atoms with E-state index in [1.54, 1.807) is 24.3 Å². The number of amides is 1. The van der Waals surface area contributed by atoms with Crippen LogP contribution in [0.5, 0.6) is 0 Å². The van der Waals surface area contributed by atoms with Crippen molar-refractivity contribution in [3.8, 4) is 0 Å². The molecular formula is C20H28N4O2. The molecule has 0 saturated heterocycles. The summed E-state index contributed by atoms with van der Waals surface area (Å²) in [4.78, 5) is 12.3. The molecule has 6 heteroatoms. The van der Waals surface area contributed by atoms with E-state index in [0.717, 1.165) is 35.7 Å². The molecule has 0 bridgehead atoms. The number of furan rings is 1. The average Bonchev–Trinajstić information content (AvgIpc) is 3.40. The van der Waals surface area contributed by atoms with Gasteiger partial charge in [-0.15, -0.1) is 0 Å². The molecule has 0 unspecified atom stereocenters. The van der Waals surface area contributed by atoms with Gasteiger partial charge in [0.25, 0.3) is 5.91 Å². The fraction of sp³-hybridized carbons (Fsp3) is 0.250. The van der Waals surface area contributed by atoms with E-state index in [0.29, 0.717) is 23.8 Å². The minimum absolute atomic E-state index is 0. The summed E-state index contributed by atoms with van der Waals surface area (Å²) in [5.74, 6) is 2.33. The summed E-state index contributed by atoms with van der Waals surface area (Å²) in [6.07, 6.45) is 5.89. The van der Waals surface area contributed by atoms with Gasteiger partial charge < -0.3 is 26.5 Å². The highest BCUT2D eigenvalue weighted by atomic mass is 16.3. The number of hydrogen-bond donors (Lipinski definition) is 4. The number of carbonyl (C=O) groups excluding carboxylic acids is 1. The molecule has 1 heterocycles. The van der Waals surface area contributed by atoms with Gasteiger partial charge in [0.05, 0.1) is 6.54 Å². The second-order valence-corrected chi connectivity index (χ2v) is 6.46. The third-order valence-electron chi connectivity index (χ3n) is 4.14. The monoisotopic (exact) mass is 356 g/mol. The van der Waals surface area contributed by atoms with Gasteiger partial charge in [-0.25, -0.2) is 0 Å². The first-order valence-electron chi connectivity index (χ1n) is 8.64. The fourth-order valence-corrected chi connectivity index (χ4v) is 2.53. The van der Waals surface area contributed by atoms with E-state index < -0.39 is 0 Å². The molecule has 1 saturated carbocycles. The Labute approximate surface area is 155 Å². The Morgan fingerprint density at radius 1 is 1.27 bits per heavy atom. The van der Waals surface area contributed by atoms with E-state index in [2.05, 4.69) is 10.6 Å². The normalized spacial score (nSPS) is 15.0. The van der Waals surface area contributed by atoms with Gasteiger partial charge in [-0.3, -0.25) is 4.79 Å². The van der Waals surface area contributed by atoms with Crippen LogP contribution in [0.15, 0.2) is 64.5 Å². The van der Waals surface area contributed by atoms with Crippen LogP contribution in [0.3, 0.4) is 0 Å². The summed E-state index contributed by atoms with van der Waals surface area (Å²) >= 11 is 0. The van der Waals surface area contributed by atoms with Crippen LogP contribution < -0.4 is 22.1 Å². The van der Waals surface area contributed by atoms with Gasteiger partial charge in [0.1, 0.15) is 17.3 Å². The van der Waals surface area contributed by atoms with Crippen LogP contribution in [0.25, 0.3) is 0 Å². The van der Waals surface area contributed by atoms with Crippen molar-refractivity contribution >= 4 is 11.6 Å². The maximum absolute atomic E-state index is 12.3. The maximum atomic E-state index is 12.3. The summed E-state index contributed by atoms with van der Waals surface area (Å²) in [7, 11) is 0. The van der Waals surface area contributed by atoms with Gasteiger partial charge in [0.15, 0.2) is 0 Å². The summed E-state index contributed by atoms with van der Waals surface area (Å²) in [5, 5.41) is 5.91. The van der Waals surface area contributed by atoms with Crippen LogP contribution in [0.1, 0.15) is 37.6 Å². The lowest BCUT2D eigenvalue weighted by atomic mass is 10.2. The van der Waals surface area contributed by atoms with E-state index in [9.17, 15) is 4.79 Å². The SMILES string of the molecule is Cc1ccc(CNC(=O)c2cccc(N/C(N)=C/C=C(\N)C3CC3)c2)o1.[HH].[HH]. The molecule has 1 aliphatic carbocycles. The third-order valence-corrected chi connectivity index (χ3v) is 4.14. The molecule has 0 spiro atoms. The van der Waals surface area contributed by atoms with E-state index in [-0.39, 0.29) is 8.76 Å². The standard InChI is InChI=1S/C20H24N4O2.2H2/c1-13-5-8-17(26-13)12-23-20(25)15-3-2-4-16(11-15)24-19(22)10-9-18(21)14-6-7-14;;/h2-5,8-11,14,24H,6-7,12,21-22H2,1H3,(H,23,25);2*1H/b18-9-,19-10+;;. The first-order chi connectivity index (χ1) is 12.5. The first-order valence-corrected chi connectivity index (χ1v) is 8.64. The lowest BCUT2D eigenvalue weighted by Gasteiger charge is -2.09. The average molecular weight is 356 g/mol. The van der Waals surface area contributed by atoms with Crippen LogP contribution in [0, 0.1) is 12.8 Å². The Hall–Kier alpha value is -3.15. The highest BCUT2D eigenvalue weighted by Gasteiger charge is 2.23. The fourth-order valence-electron chi connectivity index (χ4n) is 2.53. The quantitative estimate of drug-likeness (QED) is 0.568. The van der Waals surface area contributed by atoms with Crippen molar-refractivity contribution in [1.82, 2.24) is 5.32 Å². The molecule has 6 N–H and O–H groups in total. The lowest BCUT2D eigenvalue weighted by molar-refractivity contribution is 0.0948. The van der Waals surface area contributed by atoms with Crippen LogP contribution in [0.2, 0.25) is 0 Å². The van der Waals surface area contributed by atoms with E-state index >= 15 is 0 Å². The minimum atomic E-state index is -0.178. The molecule has 1 aromatic heterocycles. The number of carbonyl (C=O) groups is 1. The molecule has 2 aromatic rings. The summed E-state index contributed by atoms with van der Waals surface area (Å²) in [6, 6.07) is 10.9. The summed E-state index contributed by atoms with van der Waals surface area (Å²) < 4.78 is 5.45.